The molecule has 2 atom stereocenters. The molecule has 0 bridgehead atoms. The van der Waals surface area contributed by atoms with Crippen LogP contribution in [0.1, 0.15) is 44.4 Å². The average Bonchev–Trinajstić information content (AvgIpc) is 2.69. The molecule has 0 saturated heterocycles. The topological polar surface area (TPSA) is 12.0 Å². The molecule has 0 aliphatic heterocycles. The van der Waals surface area contributed by atoms with Crippen molar-refractivity contribution in [2.24, 2.45) is 11.8 Å². The van der Waals surface area contributed by atoms with Gasteiger partial charge in [0.15, 0.2) is 0 Å². The number of hydrogen-bond donors (Lipinski definition) is 1. The van der Waals surface area contributed by atoms with E-state index in [1.807, 2.05) is 0 Å². The van der Waals surface area contributed by atoms with Gasteiger partial charge in [-0.2, -0.15) is 0 Å². The monoisotopic (exact) mass is 217 g/mol. The Morgan fingerprint density at radius 2 is 2.00 bits per heavy atom. The molecular weight excluding hydrogens is 194 g/mol. The summed E-state index contributed by atoms with van der Waals surface area (Å²) in [7, 11) is 0. The van der Waals surface area contributed by atoms with Crippen LogP contribution in [0.25, 0.3) is 0 Å². The third-order valence-electron chi connectivity index (χ3n) is 3.96. The highest BCUT2D eigenvalue weighted by Gasteiger charge is 2.21. The van der Waals surface area contributed by atoms with Crippen LogP contribution in [0.5, 0.6) is 0 Å². The Morgan fingerprint density at radius 1 is 1.25 bits per heavy atom. The van der Waals surface area contributed by atoms with Gasteiger partial charge in [-0.05, 0) is 42.3 Å². The molecule has 0 heterocycles. The molecule has 0 aromatic heterocycles. The first-order valence-electron chi connectivity index (χ1n) is 6.49. The molecule has 1 aromatic rings. The van der Waals surface area contributed by atoms with Crippen molar-refractivity contribution < 1.29 is 0 Å². The van der Waals surface area contributed by atoms with Crippen molar-refractivity contribution in [2.75, 3.05) is 6.54 Å². The number of aryl methyl sites for hydroxylation is 1. The zero-order chi connectivity index (χ0) is 11.5. The second kappa shape index (κ2) is 5.01. The van der Waals surface area contributed by atoms with Gasteiger partial charge in [-0.3, -0.25) is 0 Å². The minimum Gasteiger partial charge on any atom is -0.310 e. The third-order valence-corrected chi connectivity index (χ3v) is 3.96. The van der Waals surface area contributed by atoms with Crippen LogP contribution in [0.4, 0.5) is 0 Å². The molecule has 0 saturated carbocycles. The van der Waals surface area contributed by atoms with Crippen LogP contribution in [0.15, 0.2) is 24.3 Å². The zero-order valence-electron chi connectivity index (χ0n) is 10.7. The first-order chi connectivity index (χ1) is 7.68. The fourth-order valence-electron chi connectivity index (χ4n) is 2.33. The smallest absolute Gasteiger partial charge is 0.0326 e. The lowest BCUT2D eigenvalue weighted by Gasteiger charge is -2.20. The van der Waals surface area contributed by atoms with E-state index in [9.17, 15) is 0 Å². The first-order valence-corrected chi connectivity index (χ1v) is 6.49. The van der Waals surface area contributed by atoms with Crippen LogP contribution in [0.3, 0.4) is 0 Å². The molecule has 1 aromatic carbocycles. The van der Waals surface area contributed by atoms with E-state index in [0.717, 1.165) is 18.4 Å². The van der Waals surface area contributed by atoms with Gasteiger partial charge < -0.3 is 5.32 Å². The number of hydrogen-bond acceptors (Lipinski definition) is 1. The minimum atomic E-state index is 0.595. The zero-order valence-corrected chi connectivity index (χ0v) is 10.7. The van der Waals surface area contributed by atoms with E-state index in [0.29, 0.717) is 6.04 Å². The molecule has 0 radical (unpaired) electrons. The SMILES string of the molecule is CC(C)C(C)CNC1CCc2ccccc21. The van der Waals surface area contributed by atoms with E-state index in [1.165, 1.54) is 24.0 Å². The largest absolute Gasteiger partial charge is 0.310 e. The van der Waals surface area contributed by atoms with Crippen molar-refractivity contribution in [2.45, 2.75) is 39.7 Å². The van der Waals surface area contributed by atoms with Crippen LogP contribution < -0.4 is 5.32 Å². The number of nitrogens with one attached hydrogen (secondary N) is 1. The average molecular weight is 217 g/mol. The fourth-order valence-corrected chi connectivity index (χ4v) is 2.33. The maximum Gasteiger partial charge on any atom is 0.0326 e. The number of benzene rings is 1. The summed E-state index contributed by atoms with van der Waals surface area (Å²) in [6.45, 7) is 8.07. The Morgan fingerprint density at radius 3 is 2.75 bits per heavy atom. The van der Waals surface area contributed by atoms with Gasteiger partial charge in [0, 0.05) is 6.04 Å². The van der Waals surface area contributed by atoms with Gasteiger partial charge in [0.05, 0.1) is 0 Å². The summed E-state index contributed by atoms with van der Waals surface area (Å²) in [5, 5.41) is 3.72. The van der Waals surface area contributed by atoms with Crippen molar-refractivity contribution in [3.05, 3.63) is 35.4 Å². The lowest BCUT2D eigenvalue weighted by atomic mass is 9.97. The van der Waals surface area contributed by atoms with Crippen LogP contribution >= 0.6 is 0 Å². The molecule has 2 unspecified atom stereocenters. The number of rotatable bonds is 4. The Kier molecular flexibility index (Phi) is 3.65. The molecule has 2 rings (SSSR count). The fraction of sp³-hybridized carbons (Fsp3) is 0.600. The van der Waals surface area contributed by atoms with Crippen LogP contribution in [-0.4, -0.2) is 6.54 Å². The van der Waals surface area contributed by atoms with Gasteiger partial charge >= 0.3 is 0 Å². The van der Waals surface area contributed by atoms with E-state index >= 15 is 0 Å². The van der Waals surface area contributed by atoms with E-state index in [-0.39, 0.29) is 0 Å². The van der Waals surface area contributed by atoms with Gasteiger partial charge in [-0.15, -0.1) is 0 Å². The highest BCUT2D eigenvalue weighted by Crippen LogP contribution is 2.30. The molecular formula is C15H23N. The second-order valence-electron chi connectivity index (χ2n) is 5.42. The molecule has 88 valence electrons. The Labute approximate surface area is 99.3 Å². The van der Waals surface area contributed by atoms with Gasteiger partial charge in [0.2, 0.25) is 0 Å². The van der Waals surface area contributed by atoms with Crippen molar-refractivity contribution in [1.29, 1.82) is 0 Å². The predicted molar refractivity (Wildman–Crippen MR) is 69.5 cm³/mol. The van der Waals surface area contributed by atoms with E-state index in [2.05, 4.69) is 50.4 Å². The normalized spacial score (nSPS) is 21.1. The van der Waals surface area contributed by atoms with E-state index in [4.69, 9.17) is 0 Å². The van der Waals surface area contributed by atoms with Crippen molar-refractivity contribution in [3.63, 3.8) is 0 Å². The van der Waals surface area contributed by atoms with Gasteiger partial charge in [0.1, 0.15) is 0 Å². The lowest BCUT2D eigenvalue weighted by molar-refractivity contribution is 0.368. The predicted octanol–water partition coefficient (Wildman–Crippen LogP) is 3.56. The Hall–Kier alpha value is -0.820. The summed E-state index contributed by atoms with van der Waals surface area (Å²) < 4.78 is 0. The standard InChI is InChI=1S/C15H23N/c1-11(2)12(3)10-16-15-9-8-13-6-4-5-7-14(13)15/h4-7,11-12,15-16H,8-10H2,1-3H3. The van der Waals surface area contributed by atoms with Gasteiger partial charge in [-0.25, -0.2) is 0 Å². The Bertz CT molecular complexity index is 343. The van der Waals surface area contributed by atoms with E-state index in [1.54, 1.807) is 0 Å². The molecule has 0 amide bonds. The maximum absolute atomic E-state index is 3.72. The summed E-state index contributed by atoms with van der Waals surface area (Å²) in [4.78, 5) is 0. The summed E-state index contributed by atoms with van der Waals surface area (Å²) in [6, 6.07) is 9.45. The van der Waals surface area contributed by atoms with Gasteiger partial charge in [0.25, 0.3) is 0 Å². The Balaban J connectivity index is 1.93. The van der Waals surface area contributed by atoms with Crippen molar-refractivity contribution in [3.8, 4) is 0 Å². The molecule has 0 spiro atoms. The maximum atomic E-state index is 3.72. The highest BCUT2D eigenvalue weighted by atomic mass is 14.9. The third kappa shape index (κ3) is 2.46. The lowest BCUT2D eigenvalue weighted by Crippen LogP contribution is -2.27. The first kappa shape index (κ1) is 11.7. The van der Waals surface area contributed by atoms with Crippen LogP contribution in [-0.2, 0) is 6.42 Å². The summed E-state index contributed by atoms with van der Waals surface area (Å²) in [6.07, 6.45) is 2.51. The molecule has 0 fully saturated rings. The summed E-state index contributed by atoms with van der Waals surface area (Å²) in [5.74, 6) is 1.52. The minimum absolute atomic E-state index is 0.595. The van der Waals surface area contributed by atoms with Crippen LogP contribution in [0, 0.1) is 11.8 Å². The summed E-state index contributed by atoms with van der Waals surface area (Å²) >= 11 is 0. The van der Waals surface area contributed by atoms with E-state index < -0.39 is 0 Å². The number of fused-ring (bicyclic) bond motifs is 1. The molecule has 16 heavy (non-hydrogen) atoms. The highest BCUT2D eigenvalue weighted by molar-refractivity contribution is 5.34. The molecule has 1 aliphatic carbocycles. The summed E-state index contributed by atoms with van der Waals surface area (Å²) in [5.41, 5.74) is 3.07. The van der Waals surface area contributed by atoms with Crippen LogP contribution in [0.2, 0.25) is 0 Å². The molecule has 1 nitrogen and oxygen atoms in total. The quantitative estimate of drug-likeness (QED) is 0.813. The van der Waals surface area contributed by atoms with Gasteiger partial charge in [-0.1, -0.05) is 45.0 Å². The molecule has 1 N–H and O–H groups in total. The molecule has 1 heteroatoms. The van der Waals surface area contributed by atoms with Crippen molar-refractivity contribution in [1.82, 2.24) is 5.32 Å². The second-order valence-corrected chi connectivity index (χ2v) is 5.42. The van der Waals surface area contributed by atoms with Crippen molar-refractivity contribution >= 4 is 0 Å². The molecule has 1 aliphatic rings.